The van der Waals surface area contributed by atoms with Gasteiger partial charge in [0.15, 0.2) is 0 Å². The molecule has 3 heteroatoms. The molecule has 2 nitrogen and oxygen atoms in total. The van der Waals surface area contributed by atoms with Gasteiger partial charge in [-0.05, 0) is 48.9 Å². The van der Waals surface area contributed by atoms with Gasteiger partial charge in [0.25, 0.3) is 0 Å². The molecular formula is C15H18ClNO. The molecule has 0 amide bonds. The molecule has 96 valence electrons. The standard InChI is InChI=1S/C15H18ClNO/c1-3-17-15(10-14-5-4-6-18-14)12-7-11(2)8-13(16)9-12/h4-9,15,17H,3,10H2,1-2H3. The van der Waals surface area contributed by atoms with E-state index in [2.05, 4.69) is 25.2 Å². The number of hydrogen-bond acceptors (Lipinski definition) is 2. The molecule has 0 fully saturated rings. The summed E-state index contributed by atoms with van der Waals surface area (Å²) in [5, 5.41) is 4.26. The Labute approximate surface area is 113 Å². The fourth-order valence-corrected chi connectivity index (χ4v) is 2.45. The molecule has 0 saturated heterocycles. The van der Waals surface area contributed by atoms with E-state index >= 15 is 0 Å². The Balaban J connectivity index is 2.23. The maximum atomic E-state index is 6.13. The summed E-state index contributed by atoms with van der Waals surface area (Å²) in [6.45, 7) is 5.08. The molecule has 1 atom stereocenters. The number of furan rings is 1. The molecule has 1 aromatic carbocycles. The van der Waals surface area contributed by atoms with Crippen molar-refractivity contribution >= 4 is 11.6 Å². The first-order valence-corrected chi connectivity index (χ1v) is 6.59. The van der Waals surface area contributed by atoms with Gasteiger partial charge in [-0.15, -0.1) is 0 Å². The zero-order chi connectivity index (χ0) is 13.0. The summed E-state index contributed by atoms with van der Waals surface area (Å²) < 4.78 is 5.42. The predicted molar refractivity (Wildman–Crippen MR) is 75.0 cm³/mol. The van der Waals surface area contributed by atoms with Crippen LogP contribution >= 0.6 is 11.6 Å². The summed E-state index contributed by atoms with van der Waals surface area (Å²) >= 11 is 6.13. The third-order valence-electron chi connectivity index (χ3n) is 2.90. The van der Waals surface area contributed by atoms with Gasteiger partial charge in [-0.1, -0.05) is 24.6 Å². The van der Waals surface area contributed by atoms with Crippen LogP contribution in [0.1, 0.15) is 29.9 Å². The van der Waals surface area contributed by atoms with Crippen molar-refractivity contribution in [1.29, 1.82) is 0 Å². The molecule has 18 heavy (non-hydrogen) atoms. The van der Waals surface area contributed by atoms with Gasteiger partial charge in [-0.2, -0.15) is 0 Å². The zero-order valence-corrected chi connectivity index (χ0v) is 11.5. The molecule has 0 radical (unpaired) electrons. The van der Waals surface area contributed by atoms with E-state index in [0.717, 1.165) is 23.7 Å². The molecule has 1 aromatic heterocycles. The monoisotopic (exact) mass is 263 g/mol. The summed E-state index contributed by atoms with van der Waals surface area (Å²) in [5.74, 6) is 0.985. The minimum Gasteiger partial charge on any atom is -0.469 e. The van der Waals surface area contributed by atoms with E-state index in [1.807, 2.05) is 24.3 Å². The molecule has 0 bridgehead atoms. The maximum Gasteiger partial charge on any atom is 0.105 e. The van der Waals surface area contributed by atoms with Gasteiger partial charge in [-0.25, -0.2) is 0 Å². The maximum absolute atomic E-state index is 6.13. The molecule has 0 aliphatic carbocycles. The van der Waals surface area contributed by atoms with Crippen molar-refractivity contribution in [3.63, 3.8) is 0 Å². The van der Waals surface area contributed by atoms with E-state index in [1.165, 1.54) is 11.1 Å². The second kappa shape index (κ2) is 6.07. The molecule has 0 aliphatic heterocycles. The van der Waals surface area contributed by atoms with Crippen LogP contribution in [0.4, 0.5) is 0 Å². The highest BCUT2D eigenvalue weighted by Gasteiger charge is 2.13. The summed E-state index contributed by atoms with van der Waals surface area (Å²) in [7, 11) is 0. The first-order chi connectivity index (χ1) is 8.69. The summed E-state index contributed by atoms with van der Waals surface area (Å²) in [5.41, 5.74) is 2.39. The molecule has 0 saturated carbocycles. The highest BCUT2D eigenvalue weighted by molar-refractivity contribution is 6.30. The predicted octanol–water partition coefficient (Wildman–Crippen LogP) is 4.13. The van der Waals surface area contributed by atoms with Crippen LogP contribution in [0, 0.1) is 6.92 Å². The molecule has 0 spiro atoms. The fraction of sp³-hybridized carbons (Fsp3) is 0.333. The molecule has 1 N–H and O–H groups in total. The van der Waals surface area contributed by atoms with Gasteiger partial charge < -0.3 is 9.73 Å². The van der Waals surface area contributed by atoms with E-state index in [9.17, 15) is 0 Å². The van der Waals surface area contributed by atoms with E-state index in [0.29, 0.717) is 0 Å². The van der Waals surface area contributed by atoms with Crippen LogP contribution in [0.15, 0.2) is 41.0 Å². The van der Waals surface area contributed by atoms with Crippen molar-refractivity contribution in [2.24, 2.45) is 0 Å². The van der Waals surface area contributed by atoms with Crippen LogP contribution in [0.3, 0.4) is 0 Å². The topological polar surface area (TPSA) is 25.2 Å². The largest absolute Gasteiger partial charge is 0.469 e. The quantitative estimate of drug-likeness (QED) is 0.877. The number of rotatable bonds is 5. The first-order valence-electron chi connectivity index (χ1n) is 6.22. The van der Waals surface area contributed by atoms with Gasteiger partial charge >= 0.3 is 0 Å². The number of halogens is 1. The smallest absolute Gasteiger partial charge is 0.105 e. The third-order valence-corrected chi connectivity index (χ3v) is 3.12. The molecule has 1 unspecified atom stereocenters. The van der Waals surface area contributed by atoms with Gasteiger partial charge in [0.1, 0.15) is 5.76 Å². The Kier molecular flexibility index (Phi) is 4.45. The lowest BCUT2D eigenvalue weighted by Crippen LogP contribution is -2.22. The summed E-state index contributed by atoms with van der Waals surface area (Å²) in [6, 6.07) is 10.3. The van der Waals surface area contributed by atoms with Crippen molar-refractivity contribution in [3.05, 3.63) is 58.5 Å². The van der Waals surface area contributed by atoms with Gasteiger partial charge in [0, 0.05) is 17.5 Å². The average molecular weight is 264 g/mol. The van der Waals surface area contributed by atoms with E-state index < -0.39 is 0 Å². The van der Waals surface area contributed by atoms with Crippen LogP contribution in [0.5, 0.6) is 0 Å². The number of aryl methyl sites for hydroxylation is 1. The van der Waals surface area contributed by atoms with Gasteiger partial charge in [0.2, 0.25) is 0 Å². The Morgan fingerprint density at radius 2 is 2.17 bits per heavy atom. The van der Waals surface area contributed by atoms with Crippen molar-refractivity contribution in [1.82, 2.24) is 5.32 Å². The number of benzene rings is 1. The molecular weight excluding hydrogens is 246 g/mol. The fourth-order valence-electron chi connectivity index (χ4n) is 2.15. The van der Waals surface area contributed by atoms with Crippen LogP contribution < -0.4 is 5.32 Å². The van der Waals surface area contributed by atoms with Crippen molar-refractivity contribution in [3.8, 4) is 0 Å². The summed E-state index contributed by atoms with van der Waals surface area (Å²) in [6.07, 6.45) is 2.54. The first kappa shape index (κ1) is 13.2. The Hall–Kier alpha value is -1.25. The lowest BCUT2D eigenvalue weighted by Gasteiger charge is -2.18. The third kappa shape index (κ3) is 3.37. The Morgan fingerprint density at radius 3 is 2.78 bits per heavy atom. The van der Waals surface area contributed by atoms with E-state index in [4.69, 9.17) is 16.0 Å². The number of hydrogen-bond donors (Lipinski definition) is 1. The Morgan fingerprint density at radius 1 is 1.33 bits per heavy atom. The zero-order valence-electron chi connectivity index (χ0n) is 10.7. The summed E-state index contributed by atoms with van der Waals surface area (Å²) in [4.78, 5) is 0. The van der Waals surface area contributed by atoms with Crippen LogP contribution in [0.25, 0.3) is 0 Å². The van der Waals surface area contributed by atoms with Gasteiger partial charge in [0.05, 0.1) is 6.26 Å². The van der Waals surface area contributed by atoms with Crippen LogP contribution in [0.2, 0.25) is 5.02 Å². The van der Waals surface area contributed by atoms with E-state index in [-0.39, 0.29) is 6.04 Å². The van der Waals surface area contributed by atoms with Crippen molar-refractivity contribution in [2.45, 2.75) is 26.3 Å². The molecule has 2 aromatic rings. The normalized spacial score (nSPS) is 12.6. The number of nitrogens with one attached hydrogen (secondary N) is 1. The highest BCUT2D eigenvalue weighted by atomic mass is 35.5. The van der Waals surface area contributed by atoms with Crippen LogP contribution in [-0.2, 0) is 6.42 Å². The minimum atomic E-state index is 0.235. The van der Waals surface area contributed by atoms with Crippen molar-refractivity contribution < 1.29 is 4.42 Å². The average Bonchev–Trinajstić information content (AvgIpc) is 2.80. The van der Waals surface area contributed by atoms with Crippen molar-refractivity contribution in [2.75, 3.05) is 6.54 Å². The number of likely N-dealkylation sites (N-methyl/N-ethyl adjacent to an activating group) is 1. The van der Waals surface area contributed by atoms with E-state index in [1.54, 1.807) is 6.26 Å². The highest BCUT2D eigenvalue weighted by Crippen LogP contribution is 2.23. The Bertz CT molecular complexity index is 473. The second-order valence-corrected chi connectivity index (χ2v) is 4.89. The lowest BCUT2D eigenvalue weighted by molar-refractivity contribution is 0.455. The van der Waals surface area contributed by atoms with Gasteiger partial charge in [-0.3, -0.25) is 0 Å². The lowest BCUT2D eigenvalue weighted by atomic mass is 10.0. The minimum absolute atomic E-state index is 0.235. The van der Waals surface area contributed by atoms with Crippen LogP contribution in [-0.4, -0.2) is 6.54 Å². The SMILES string of the molecule is CCNC(Cc1ccco1)c1cc(C)cc(Cl)c1. The molecule has 2 rings (SSSR count). The molecule has 0 aliphatic rings. The second-order valence-electron chi connectivity index (χ2n) is 4.46. The molecule has 1 heterocycles.